The predicted molar refractivity (Wildman–Crippen MR) is 146 cm³/mol. The van der Waals surface area contributed by atoms with Gasteiger partial charge >= 0.3 is 12.1 Å². The van der Waals surface area contributed by atoms with Gasteiger partial charge in [-0.05, 0) is 37.5 Å². The van der Waals surface area contributed by atoms with E-state index >= 15 is 0 Å². The molecule has 0 N–H and O–H groups in total. The zero-order valence-electron chi connectivity index (χ0n) is 23.7. The molecule has 1 aromatic carbocycles. The number of halogens is 1. The van der Waals surface area contributed by atoms with Crippen LogP contribution in [-0.4, -0.2) is 77.6 Å². The van der Waals surface area contributed by atoms with Gasteiger partial charge < -0.3 is 38.1 Å². The minimum absolute atomic E-state index is 0.0155. The second-order valence-electron chi connectivity index (χ2n) is 10.3. The summed E-state index contributed by atoms with van der Waals surface area (Å²) in [5.74, 6) is -0.411. The topological polar surface area (TPSA) is 207 Å². The summed E-state index contributed by atoms with van der Waals surface area (Å²) >= 11 is 6.01. The first kappa shape index (κ1) is 32.1. The first-order chi connectivity index (χ1) is 21.6. The lowest BCUT2D eigenvalue weighted by atomic mass is 10.0. The highest BCUT2D eigenvalue weighted by molar-refractivity contribution is 6.30. The molecule has 1 aromatic heterocycles. The molecule has 5 rings (SSSR count). The molecule has 6 atom stereocenters. The highest BCUT2D eigenvalue weighted by atomic mass is 35.5. The van der Waals surface area contributed by atoms with Crippen LogP contribution in [0.1, 0.15) is 47.8 Å². The van der Waals surface area contributed by atoms with E-state index in [2.05, 4.69) is 14.7 Å². The number of ether oxygens (including phenoxy) is 6. The SMILES string of the molecule is Cc1ncc2c(c1OC(=O)O[C@H]1CO[C@H]3[C@@H]1OC[C@@H]3OC(=O)CCCC(CO[N+](=O)[O-])O[N+](=O)[O-])COC2c1ccc(Cl)cc1. The molecule has 2 fully saturated rings. The fourth-order valence-corrected chi connectivity index (χ4v) is 5.45. The average molecular weight is 654 g/mol. The van der Waals surface area contributed by atoms with Crippen molar-refractivity contribution in [3.63, 3.8) is 0 Å². The van der Waals surface area contributed by atoms with Gasteiger partial charge in [-0.3, -0.25) is 9.78 Å². The Morgan fingerprint density at radius 2 is 1.73 bits per heavy atom. The van der Waals surface area contributed by atoms with E-state index in [1.165, 1.54) is 0 Å². The van der Waals surface area contributed by atoms with Crippen LogP contribution in [0.15, 0.2) is 30.5 Å². The first-order valence-corrected chi connectivity index (χ1v) is 14.2. The van der Waals surface area contributed by atoms with Crippen molar-refractivity contribution in [1.29, 1.82) is 0 Å². The van der Waals surface area contributed by atoms with E-state index in [0.29, 0.717) is 16.3 Å². The Morgan fingerprint density at radius 1 is 1.04 bits per heavy atom. The van der Waals surface area contributed by atoms with Crippen molar-refractivity contribution in [3.8, 4) is 5.75 Å². The molecule has 0 amide bonds. The molecule has 3 aliphatic heterocycles. The molecule has 2 aromatic rings. The number of rotatable bonds is 13. The maximum absolute atomic E-state index is 12.9. The van der Waals surface area contributed by atoms with Crippen molar-refractivity contribution in [2.75, 3.05) is 19.8 Å². The predicted octanol–water partition coefficient (Wildman–Crippen LogP) is 3.21. The normalized spacial score (nSPS) is 23.8. The molecule has 2 unspecified atom stereocenters. The van der Waals surface area contributed by atoms with Gasteiger partial charge in [-0.25, -0.2) is 4.79 Å². The van der Waals surface area contributed by atoms with E-state index in [0.717, 1.165) is 11.1 Å². The van der Waals surface area contributed by atoms with Crippen LogP contribution >= 0.6 is 11.6 Å². The highest BCUT2D eigenvalue weighted by Gasteiger charge is 2.51. The van der Waals surface area contributed by atoms with Gasteiger partial charge in [-0.15, -0.1) is 20.2 Å². The second kappa shape index (κ2) is 14.2. The second-order valence-corrected chi connectivity index (χ2v) is 10.8. The van der Waals surface area contributed by atoms with Crippen LogP contribution < -0.4 is 4.74 Å². The molecule has 17 nitrogen and oxygen atoms in total. The number of fused-ring (bicyclic) bond motifs is 2. The molecule has 2 saturated heterocycles. The summed E-state index contributed by atoms with van der Waals surface area (Å²) in [7, 11) is 0. The number of pyridine rings is 1. The highest BCUT2D eigenvalue weighted by Crippen LogP contribution is 2.41. The maximum Gasteiger partial charge on any atom is 0.514 e. The lowest BCUT2D eigenvalue weighted by molar-refractivity contribution is -0.790. The standard InChI is InChI=1S/C27H28ClN3O14/c1-14-23(19-11-38-24(18(19)9-29-14)15-5-7-16(28)8-6-15)44-27(33)43-21-13-40-25-20(12-39-26(21)25)42-22(32)4-2-3-17(45-31(36)37)10-41-30(34)35/h5-9,17,20-21,24-26H,2-4,10-13H2,1H3/t17?,20-,21-,24?,25+,26+/m0/s1. The quantitative estimate of drug-likeness (QED) is 0.173. The van der Waals surface area contributed by atoms with Gasteiger partial charge in [0, 0.05) is 28.8 Å². The van der Waals surface area contributed by atoms with E-state index in [9.17, 15) is 29.8 Å². The third-order valence-corrected chi connectivity index (χ3v) is 7.64. The van der Waals surface area contributed by atoms with Crippen molar-refractivity contribution >= 4 is 23.7 Å². The molecule has 3 aliphatic rings. The Kier molecular flexibility index (Phi) is 10.1. The van der Waals surface area contributed by atoms with Gasteiger partial charge in [-0.1, -0.05) is 23.7 Å². The monoisotopic (exact) mass is 653 g/mol. The Bertz CT molecular complexity index is 1430. The molecule has 0 aliphatic carbocycles. The number of carbonyl (C=O) groups excluding carboxylic acids is 2. The van der Waals surface area contributed by atoms with Crippen LogP contribution in [0, 0.1) is 27.2 Å². The van der Waals surface area contributed by atoms with Crippen LogP contribution in [0.2, 0.25) is 5.02 Å². The third-order valence-electron chi connectivity index (χ3n) is 7.38. The van der Waals surface area contributed by atoms with Crippen molar-refractivity contribution in [2.24, 2.45) is 0 Å². The molecule has 242 valence electrons. The summed E-state index contributed by atoms with van der Waals surface area (Å²) < 4.78 is 34.0. The molecule has 18 heteroatoms. The van der Waals surface area contributed by atoms with Crippen LogP contribution in [0.25, 0.3) is 0 Å². The molecule has 45 heavy (non-hydrogen) atoms. The zero-order chi connectivity index (χ0) is 32.1. The number of hydrogen-bond donors (Lipinski definition) is 0. The Hall–Kier alpha value is -4.32. The lowest BCUT2D eigenvalue weighted by Crippen LogP contribution is -2.36. The maximum atomic E-state index is 12.9. The Balaban J connectivity index is 1.11. The minimum atomic E-state index is -1.23. The molecular formula is C27H28ClN3O14. The van der Waals surface area contributed by atoms with Gasteiger partial charge in [0.15, 0.2) is 18.0 Å². The first-order valence-electron chi connectivity index (χ1n) is 13.8. The van der Waals surface area contributed by atoms with Crippen molar-refractivity contribution in [3.05, 3.63) is 78.1 Å². The number of aryl methyl sites for hydroxylation is 1. The van der Waals surface area contributed by atoms with Gasteiger partial charge in [0.25, 0.3) is 10.2 Å². The van der Waals surface area contributed by atoms with Crippen LogP contribution in [0.3, 0.4) is 0 Å². The molecule has 0 radical (unpaired) electrons. The summed E-state index contributed by atoms with van der Waals surface area (Å²) in [5, 5.41) is 19.3. The number of hydrogen-bond acceptors (Lipinski definition) is 15. The van der Waals surface area contributed by atoms with E-state index in [1.807, 2.05) is 12.1 Å². The molecule has 0 bridgehead atoms. The summed E-state index contributed by atoms with van der Waals surface area (Å²) in [5.41, 5.74) is 2.77. The van der Waals surface area contributed by atoms with Crippen molar-refractivity contribution in [1.82, 2.24) is 4.98 Å². The summed E-state index contributed by atoms with van der Waals surface area (Å²) in [6, 6.07) is 7.21. The fourth-order valence-electron chi connectivity index (χ4n) is 5.33. The summed E-state index contributed by atoms with van der Waals surface area (Å²) in [4.78, 5) is 59.0. The third kappa shape index (κ3) is 7.86. The summed E-state index contributed by atoms with van der Waals surface area (Å²) in [6.45, 7) is 1.18. The Labute approximate surface area is 259 Å². The molecule has 0 spiro atoms. The van der Waals surface area contributed by atoms with E-state index in [1.54, 1.807) is 25.3 Å². The van der Waals surface area contributed by atoms with Crippen LogP contribution in [0.5, 0.6) is 5.75 Å². The largest absolute Gasteiger partial charge is 0.514 e. The van der Waals surface area contributed by atoms with Gasteiger partial charge in [0.2, 0.25) is 0 Å². The molecular weight excluding hydrogens is 626 g/mol. The number of aromatic nitrogens is 1. The molecule has 0 saturated carbocycles. The average Bonchev–Trinajstić information content (AvgIpc) is 3.70. The number of benzene rings is 1. The van der Waals surface area contributed by atoms with Gasteiger partial charge in [0.1, 0.15) is 31.0 Å². The molecule has 4 heterocycles. The number of esters is 1. The smallest absolute Gasteiger partial charge is 0.457 e. The zero-order valence-corrected chi connectivity index (χ0v) is 24.5. The van der Waals surface area contributed by atoms with Gasteiger partial charge in [0.05, 0.1) is 25.5 Å². The van der Waals surface area contributed by atoms with Crippen LogP contribution in [0.4, 0.5) is 4.79 Å². The van der Waals surface area contributed by atoms with Crippen molar-refractivity contribution < 1.29 is 57.9 Å². The number of carbonyl (C=O) groups is 2. The van der Waals surface area contributed by atoms with Gasteiger partial charge in [-0.2, -0.15) is 0 Å². The lowest BCUT2D eigenvalue weighted by Gasteiger charge is -2.18. The van der Waals surface area contributed by atoms with E-state index in [-0.39, 0.29) is 44.8 Å². The van der Waals surface area contributed by atoms with Crippen LogP contribution in [-0.2, 0) is 44.8 Å². The summed E-state index contributed by atoms with van der Waals surface area (Å²) in [6.07, 6.45) is -4.16. The van der Waals surface area contributed by atoms with E-state index < -0.39 is 65.5 Å². The van der Waals surface area contributed by atoms with Crippen molar-refractivity contribution in [2.45, 2.75) is 69.4 Å². The Morgan fingerprint density at radius 3 is 2.40 bits per heavy atom. The number of nitrogens with zero attached hydrogens (tertiary/aromatic N) is 3. The fraction of sp³-hybridized carbons (Fsp3) is 0.519. The minimum Gasteiger partial charge on any atom is -0.457 e. The van der Waals surface area contributed by atoms with E-state index in [4.69, 9.17) is 40.0 Å².